The molecule has 0 unspecified atom stereocenters. The van der Waals surface area contributed by atoms with Gasteiger partial charge in [0.2, 0.25) is 6.29 Å². The molecule has 0 aliphatic carbocycles. The lowest BCUT2D eigenvalue weighted by atomic mass is 10.4. The van der Waals surface area contributed by atoms with Crippen molar-refractivity contribution < 1.29 is 9.64 Å². The Balaban J connectivity index is 3.15. The van der Waals surface area contributed by atoms with Gasteiger partial charge in [-0.05, 0) is 10.9 Å². The van der Waals surface area contributed by atoms with Gasteiger partial charge in [-0.2, -0.15) is 0 Å². The summed E-state index contributed by atoms with van der Waals surface area (Å²) in [5, 5.41) is 13.7. The summed E-state index contributed by atoms with van der Waals surface area (Å²) in [6, 6.07) is 2.92. The van der Waals surface area contributed by atoms with E-state index < -0.39 is 0 Å². The van der Waals surface area contributed by atoms with E-state index in [-0.39, 0.29) is 10.5 Å². The lowest BCUT2D eigenvalue weighted by molar-refractivity contribution is -0.670. The van der Waals surface area contributed by atoms with Gasteiger partial charge in [0.15, 0.2) is 0 Å². The average Bonchev–Trinajstić information content (AvgIpc) is 1.89. The van der Waals surface area contributed by atoms with E-state index >= 15 is 0 Å². The second-order valence-electron chi connectivity index (χ2n) is 1.44. The fourth-order valence-corrected chi connectivity index (χ4v) is 0.455. The molecular weight excluding hydrogens is 120 g/mol. The molecule has 9 heavy (non-hydrogen) atoms. The predicted molar refractivity (Wildman–Crippen MR) is 28.6 cm³/mol. The molecule has 1 heterocycles. The molecule has 4 nitrogen and oxygen atoms in total. The third-order valence-corrected chi connectivity index (χ3v) is 0.866. The lowest BCUT2D eigenvalue weighted by Gasteiger charge is -1.90. The molecule has 1 aromatic rings. The number of hydrogen-bond donors (Lipinski definition) is 0. The maximum atomic E-state index is 10.4. The standard InChI is InChI=1S/C5H4N2O2/c8-4-5-2-1-3-6-7(5)9/h1-4H. The molecule has 1 aromatic heterocycles. The van der Waals surface area contributed by atoms with Gasteiger partial charge in [0.25, 0.3) is 5.69 Å². The molecule has 0 amide bonds. The normalized spacial score (nSPS) is 8.89. The van der Waals surface area contributed by atoms with Gasteiger partial charge in [-0.25, -0.2) is 0 Å². The second-order valence-corrected chi connectivity index (χ2v) is 1.44. The van der Waals surface area contributed by atoms with Crippen molar-refractivity contribution in [1.82, 2.24) is 5.10 Å². The molecule has 0 saturated heterocycles. The number of aromatic nitrogens is 2. The van der Waals surface area contributed by atoms with Gasteiger partial charge in [-0.3, -0.25) is 4.79 Å². The first-order chi connectivity index (χ1) is 4.34. The Labute approximate surface area is 51.3 Å². The summed E-state index contributed by atoms with van der Waals surface area (Å²) in [6.45, 7) is 0. The topological polar surface area (TPSA) is 56.9 Å². The minimum absolute atomic E-state index is 0.0255. The molecule has 4 heteroatoms. The van der Waals surface area contributed by atoms with Gasteiger partial charge in [0.05, 0.1) is 6.20 Å². The van der Waals surface area contributed by atoms with Crippen LogP contribution < -0.4 is 4.85 Å². The van der Waals surface area contributed by atoms with E-state index in [1.807, 2.05) is 0 Å². The zero-order chi connectivity index (χ0) is 6.69. The molecule has 0 N–H and O–H groups in total. The smallest absolute Gasteiger partial charge is 0.284 e. The first-order valence-corrected chi connectivity index (χ1v) is 2.34. The number of rotatable bonds is 1. The summed E-state index contributed by atoms with van der Waals surface area (Å²) in [5.74, 6) is 0. The molecule has 0 aliphatic heterocycles. The number of aldehydes is 1. The van der Waals surface area contributed by atoms with Crippen LogP contribution in [0.15, 0.2) is 18.3 Å². The van der Waals surface area contributed by atoms with Gasteiger partial charge in [0.1, 0.15) is 0 Å². The van der Waals surface area contributed by atoms with E-state index in [2.05, 4.69) is 5.10 Å². The van der Waals surface area contributed by atoms with Crippen molar-refractivity contribution in [1.29, 1.82) is 0 Å². The molecule has 0 aliphatic rings. The summed E-state index contributed by atoms with van der Waals surface area (Å²) >= 11 is 0. The fraction of sp³-hybridized carbons (Fsp3) is 0. The van der Waals surface area contributed by atoms with Crippen LogP contribution in [0.5, 0.6) is 0 Å². The van der Waals surface area contributed by atoms with Crippen molar-refractivity contribution in [3.05, 3.63) is 29.2 Å². The summed E-state index contributed by atoms with van der Waals surface area (Å²) in [6.07, 6.45) is 1.78. The highest BCUT2D eigenvalue weighted by Gasteiger charge is 1.99. The Kier molecular flexibility index (Phi) is 1.40. The first-order valence-electron chi connectivity index (χ1n) is 2.34. The monoisotopic (exact) mass is 124 g/mol. The lowest BCUT2D eigenvalue weighted by Crippen LogP contribution is -2.35. The van der Waals surface area contributed by atoms with E-state index in [0.717, 1.165) is 0 Å². The van der Waals surface area contributed by atoms with Crippen molar-refractivity contribution in [3.63, 3.8) is 0 Å². The van der Waals surface area contributed by atoms with Crippen LogP contribution in [0.2, 0.25) is 0 Å². The molecule has 0 fully saturated rings. The number of hydrogen-bond acceptors (Lipinski definition) is 3. The molecule has 0 atom stereocenters. The molecule has 0 bridgehead atoms. The minimum Gasteiger partial charge on any atom is -0.594 e. The summed E-state index contributed by atoms with van der Waals surface area (Å²) in [4.78, 5) is 10.2. The Hall–Kier alpha value is -1.45. The highest BCUT2D eigenvalue weighted by molar-refractivity contribution is 5.69. The zero-order valence-electron chi connectivity index (χ0n) is 4.52. The van der Waals surface area contributed by atoms with Crippen LogP contribution in [0.4, 0.5) is 0 Å². The summed E-state index contributed by atoms with van der Waals surface area (Å²) < 4.78 is 0. The SMILES string of the molecule is O=Cc1cccn[n+]1[O-]. The molecule has 0 radical (unpaired) electrons. The number of nitrogens with zero attached hydrogens (tertiary/aromatic N) is 2. The minimum atomic E-state index is 0.0255. The van der Waals surface area contributed by atoms with Crippen LogP contribution in [0.1, 0.15) is 10.5 Å². The van der Waals surface area contributed by atoms with Crippen LogP contribution in [-0.2, 0) is 0 Å². The van der Waals surface area contributed by atoms with Gasteiger partial charge in [0, 0.05) is 11.2 Å². The third-order valence-electron chi connectivity index (χ3n) is 0.866. The Bertz CT molecular complexity index is 224. The average molecular weight is 124 g/mol. The van der Waals surface area contributed by atoms with Crippen molar-refractivity contribution in [2.24, 2.45) is 0 Å². The Morgan fingerprint density at radius 2 is 2.56 bits per heavy atom. The van der Waals surface area contributed by atoms with Crippen molar-refractivity contribution in [2.75, 3.05) is 0 Å². The van der Waals surface area contributed by atoms with Gasteiger partial charge in [-0.15, -0.1) is 0 Å². The van der Waals surface area contributed by atoms with Gasteiger partial charge in [-0.1, -0.05) is 0 Å². The highest BCUT2D eigenvalue weighted by Crippen LogP contribution is 1.80. The van der Waals surface area contributed by atoms with E-state index in [1.165, 1.54) is 18.3 Å². The van der Waals surface area contributed by atoms with Crippen LogP contribution in [0.25, 0.3) is 0 Å². The van der Waals surface area contributed by atoms with Crippen LogP contribution in [-0.4, -0.2) is 11.4 Å². The van der Waals surface area contributed by atoms with E-state index in [0.29, 0.717) is 6.29 Å². The van der Waals surface area contributed by atoms with E-state index in [1.54, 1.807) is 0 Å². The Morgan fingerprint density at radius 3 is 3.00 bits per heavy atom. The maximum absolute atomic E-state index is 10.4. The quantitative estimate of drug-likeness (QED) is 0.289. The second kappa shape index (κ2) is 2.21. The molecule has 0 spiro atoms. The first kappa shape index (κ1) is 5.68. The van der Waals surface area contributed by atoms with E-state index in [4.69, 9.17) is 0 Å². The summed E-state index contributed by atoms with van der Waals surface area (Å²) in [5.41, 5.74) is 0.0255. The number of carbonyl (C=O) groups excluding carboxylic acids is 1. The molecule has 1 rings (SSSR count). The van der Waals surface area contributed by atoms with E-state index in [9.17, 15) is 10.0 Å². The highest BCUT2D eigenvalue weighted by atomic mass is 16.5. The van der Waals surface area contributed by atoms with Crippen molar-refractivity contribution in [3.8, 4) is 0 Å². The number of carbonyl (C=O) groups is 1. The predicted octanol–water partition coefficient (Wildman–Crippen LogP) is -0.473. The zero-order valence-corrected chi connectivity index (χ0v) is 4.52. The molecule has 0 aromatic carbocycles. The van der Waals surface area contributed by atoms with Crippen LogP contribution >= 0.6 is 0 Å². The largest absolute Gasteiger partial charge is 0.594 e. The molecule has 46 valence electrons. The van der Waals surface area contributed by atoms with Crippen LogP contribution in [0.3, 0.4) is 0 Å². The van der Waals surface area contributed by atoms with Crippen LogP contribution in [0, 0.1) is 5.21 Å². The fourth-order valence-electron chi connectivity index (χ4n) is 0.455. The third kappa shape index (κ3) is 1.02. The van der Waals surface area contributed by atoms with Gasteiger partial charge < -0.3 is 5.21 Å². The van der Waals surface area contributed by atoms with Gasteiger partial charge >= 0.3 is 0 Å². The molecule has 0 saturated carbocycles. The molecular formula is C5H4N2O2. The van der Waals surface area contributed by atoms with Crippen molar-refractivity contribution >= 4 is 6.29 Å². The maximum Gasteiger partial charge on any atom is 0.284 e. The van der Waals surface area contributed by atoms with Crippen molar-refractivity contribution in [2.45, 2.75) is 0 Å². The summed E-state index contributed by atoms with van der Waals surface area (Å²) in [7, 11) is 0. The Morgan fingerprint density at radius 1 is 1.78 bits per heavy atom.